The van der Waals surface area contributed by atoms with Gasteiger partial charge in [-0.05, 0) is 17.7 Å². The Morgan fingerprint density at radius 2 is 1.88 bits per heavy atom. The first-order valence-corrected chi connectivity index (χ1v) is 5.26. The fourth-order valence-electron chi connectivity index (χ4n) is 1.22. The number of carbonyl (C=O) groups excluding carboxylic acids is 1. The Hall–Kier alpha value is -2.04. The molecule has 0 aromatic heterocycles. The van der Waals surface area contributed by atoms with E-state index < -0.39 is 11.9 Å². The highest BCUT2D eigenvalue weighted by atomic mass is 16.4. The number of phenols is 1. The largest absolute Gasteiger partial charge is 0.508 e. The highest BCUT2D eigenvalue weighted by molar-refractivity contribution is 5.79. The standard InChI is InChI=1S/C12H15NO4/c1-8(12(16)17)7-13-11(15)6-9-2-4-10(14)5-3-9/h2-5,8,14H,6-7H2,1H3,(H,13,15)(H,16,17). The molecule has 1 rings (SSSR count). The van der Waals surface area contributed by atoms with Gasteiger partial charge < -0.3 is 15.5 Å². The number of phenolic OH excluding ortho intramolecular Hbond substituents is 1. The average molecular weight is 237 g/mol. The minimum atomic E-state index is -0.935. The van der Waals surface area contributed by atoms with Crippen LogP contribution in [0.25, 0.3) is 0 Å². The van der Waals surface area contributed by atoms with E-state index in [4.69, 9.17) is 10.2 Å². The Morgan fingerprint density at radius 3 is 2.41 bits per heavy atom. The number of aromatic hydroxyl groups is 1. The molecule has 5 heteroatoms. The highest BCUT2D eigenvalue weighted by Crippen LogP contribution is 2.09. The number of rotatable bonds is 5. The Labute approximate surface area is 99.1 Å². The van der Waals surface area contributed by atoms with Crippen molar-refractivity contribution in [1.29, 1.82) is 0 Å². The predicted molar refractivity (Wildman–Crippen MR) is 61.6 cm³/mol. The molecule has 0 fully saturated rings. The van der Waals surface area contributed by atoms with Gasteiger partial charge in [-0.15, -0.1) is 0 Å². The van der Waals surface area contributed by atoms with Gasteiger partial charge in [0.2, 0.25) is 5.91 Å². The summed E-state index contributed by atoms with van der Waals surface area (Å²) in [7, 11) is 0. The normalized spacial score (nSPS) is 11.8. The number of amides is 1. The number of carboxylic acid groups (broad SMARTS) is 1. The van der Waals surface area contributed by atoms with Crippen molar-refractivity contribution in [3.8, 4) is 5.75 Å². The lowest BCUT2D eigenvalue weighted by Gasteiger charge is -2.08. The van der Waals surface area contributed by atoms with E-state index in [-0.39, 0.29) is 24.6 Å². The number of hydrogen-bond acceptors (Lipinski definition) is 3. The van der Waals surface area contributed by atoms with Crippen LogP contribution in [0, 0.1) is 5.92 Å². The van der Waals surface area contributed by atoms with Crippen molar-refractivity contribution < 1.29 is 19.8 Å². The molecule has 0 aliphatic carbocycles. The molecule has 1 amide bonds. The van der Waals surface area contributed by atoms with Crippen LogP contribution in [-0.2, 0) is 16.0 Å². The van der Waals surface area contributed by atoms with Crippen molar-refractivity contribution >= 4 is 11.9 Å². The minimum absolute atomic E-state index is 0.117. The number of aliphatic carboxylic acids is 1. The van der Waals surface area contributed by atoms with Crippen molar-refractivity contribution in [2.45, 2.75) is 13.3 Å². The molecule has 0 saturated heterocycles. The maximum atomic E-state index is 11.5. The third kappa shape index (κ3) is 4.55. The SMILES string of the molecule is CC(CNC(=O)Cc1ccc(O)cc1)C(=O)O. The van der Waals surface area contributed by atoms with Gasteiger partial charge in [-0.3, -0.25) is 9.59 Å². The fourth-order valence-corrected chi connectivity index (χ4v) is 1.22. The zero-order valence-corrected chi connectivity index (χ0v) is 9.51. The van der Waals surface area contributed by atoms with E-state index in [1.54, 1.807) is 12.1 Å². The summed E-state index contributed by atoms with van der Waals surface area (Å²) in [6.45, 7) is 1.65. The molecule has 0 heterocycles. The third-order valence-electron chi connectivity index (χ3n) is 2.33. The second kappa shape index (κ2) is 5.89. The Bertz CT molecular complexity index is 399. The van der Waals surface area contributed by atoms with Gasteiger partial charge in [0, 0.05) is 6.54 Å². The lowest BCUT2D eigenvalue weighted by atomic mass is 10.1. The predicted octanol–water partition coefficient (Wildman–Crippen LogP) is 0.772. The molecule has 92 valence electrons. The first-order valence-electron chi connectivity index (χ1n) is 5.26. The number of nitrogens with one attached hydrogen (secondary N) is 1. The second-order valence-electron chi connectivity index (χ2n) is 3.89. The van der Waals surface area contributed by atoms with E-state index in [9.17, 15) is 9.59 Å². The van der Waals surface area contributed by atoms with Crippen molar-refractivity contribution in [2.75, 3.05) is 6.54 Å². The number of benzene rings is 1. The molecule has 1 aromatic carbocycles. The van der Waals surface area contributed by atoms with Crippen LogP contribution < -0.4 is 5.32 Å². The van der Waals surface area contributed by atoms with E-state index in [0.717, 1.165) is 5.56 Å². The summed E-state index contributed by atoms with van der Waals surface area (Å²) in [5.41, 5.74) is 0.767. The first kappa shape index (κ1) is 13.0. The topological polar surface area (TPSA) is 86.6 Å². The van der Waals surface area contributed by atoms with Gasteiger partial charge in [-0.2, -0.15) is 0 Å². The molecule has 1 atom stereocenters. The second-order valence-corrected chi connectivity index (χ2v) is 3.89. The van der Waals surface area contributed by atoms with Crippen LogP contribution in [0.4, 0.5) is 0 Å². The molecule has 0 saturated carbocycles. The van der Waals surface area contributed by atoms with Gasteiger partial charge in [0.05, 0.1) is 12.3 Å². The average Bonchev–Trinajstić information content (AvgIpc) is 2.29. The maximum absolute atomic E-state index is 11.5. The van der Waals surface area contributed by atoms with Crippen LogP contribution in [0.5, 0.6) is 5.75 Å². The molecule has 0 bridgehead atoms. The van der Waals surface area contributed by atoms with Crippen LogP contribution in [0.2, 0.25) is 0 Å². The summed E-state index contributed by atoms with van der Waals surface area (Å²) < 4.78 is 0. The van der Waals surface area contributed by atoms with Crippen LogP contribution in [0.1, 0.15) is 12.5 Å². The highest BCUT2D eigenvalue weighted by Gasteiger charge is 2.12. The minimum Gasteiger partial charge on any atom is -0.508 e. The summed E-state index contributed by atoms with van der Waals surface area (Å²) >= 11 is 0. The fraction of sp³-hybridized carbons (Fsp3) is 0.333. The molecular formula is C12H15NO4. The zero-order chi connectivity index (χ0) is 12.8. The summed E-state index contributed by atoms with van der Waals surface area (Å²) in [6.07, 6.45) is 0.173. The van der Waals surface area contributed by atoms with E-state index >= 15 is 0 Å². The van der Waals surface area contributed by atoms with Crippen molar-refractivity contribution in [3.63, 3.8) is 0 Å². The zero-order valence-electron chi connectivity index (χ0n) is 9.51. The van der Waals surface area contributed by atoms with Gasteiger partial charge in [0.15, 0.2) is 0 Å². The maximum Gasteiger partial charge on any atom is 0.308 e. The van der Waals surface area contributed by atoms with Crippen LogP contribution in [-0.4, -0.2) is 28.6 Å². The van der Waals surface area contributed by atoms with Gasteiger partial charge in [0.25, 0.3) is 0 Å². The number of carbonyl (C=O) groups is 2. The van der Waals surface area contributed by atoms with E-state index in [1.807, 2.05) is 0 Å². The quantitative estimate of drug-likeness (QED) is 0.706. The van der Waals surface area contributed by atoms with Gasteiger partial charge in [0.1, 0.15) is 5.75 Å². The van der Waals surface area contributed by atoms with E-state index in [0.29, 0.717) is 0 Å². The molecule has 1 unspecified atom stereocenters. The van der Waals surface area contributed by atoms with Crippen LogP contribution in [0.15, 0.2) is 24.3 Å². The first-order chi connectivity index (χ1) is 7.99. The molecule has 3 N–H and O–H groups in total. The molecule has 0 spiro atoms. The van der Waals surface area contributed by atoms with E-state index in [1.165, 1.54) is 19.1 Å². The Kier molecular flexibility index (Phi) is 4.51. The van der Waals surface area contributed by atoms with Crippen LogP contribution in [0.3, 0.4) is 0 Å². The lowest BCUT2D eigenvalue weighted by Crippen LogP contribution is -2.32. The number of carboxylic acids is 1. The summed E-state index contributed by atoms with van der Waals surface area (Å²) in [4.78, 5) is 22.0. The van der Waals surface area contributed by atoms with Gasteiger partial charge >= 0.3 is 5.97 Å². The third-order valence-corrected chi connectivity index (χ3v) is 2.33. The molecular weight excluding hydrogens is 222 g/mol. The Balaban J connectivity index is 2.39. The lowest BCUT2D eigenvalue weighted by molar-refractivity contribution is -0.141. The summed E-state index contributed by atoms with van der Waals surface area (Å²) in [5.74, 6) is -1.62. The molecule has 0 aliphatic rings. The smallest absolute Gasteiger partial charge is 0.308 e. The molecule has 0 aliphatic heterocycles. The van der Waals surface area contributed by atoms with Gasteiger partial charge in [-0.25, -0.2) is 0 Å². The van der Waals surface area contributed by atoms with E-state index in [2.05, 4.69) is 5.32 Å². The molecule has 5 nitrogen and oxygen atoms in total. The Morgan fingerprint density at radius 1 is 1.29 bits per heavy atom. The van der Waals surface area contributed by atoms with Crippen molar-refractivity contribution in [2.24, 2.45) is 5.92 Å². The molecule has 0 radical (unpaired) electrons. The molecule has 17 heavy (non-hydrogen) atoms. The van der Waals surface area contributed by atoms with Crippen molar-refractivity contribution in [3.05, 3.63) is 29.8 Å². The number of hydrogen-bond donors (Lipinski definition) is 3. The summed E-state index contributed by atoms with van der Waals surface area (Å²) in [6, 6.07) is 6.30. The van der Waals surface area contributed by atoms with Crippen LogP contribution >= 0.6 is 0 Å². The van der Waals surface area contributed by atoms with Gasteiger partial charge in [-0.1, -0.05) is 19.1 Å². The van der Waals surface area contributed by atoms with Crippen molar-refractivity contribution in [1.82, 2.24) is 5.32 Å². The summed E-state index contributed by atoms with van der Waals surface area (Å²) in [5, 5.41) is 20.2. The monoisotopic (exact) mass is 237 g/mol. The molecule has 1 aromatic rings.